The largest absolute Gasteiger partial charge is 0.490 e. The van der Waals surface area contributed by atoms with Gasteiger partial charge in [0, 0.05) is 17.4 Å². The lowest BCUT2D eigenvalue weighted by Crippen LogP contribution is -2.42. The van der Waals surface area contributed by atoms with Gasteiger partial charge in [0.15, 0.2) is 0 Å². The van der Waals surface area contributed by atoms with E-state index in [4.69, 9.17) is 25.8 Å². The number of aromatic nitrogens is 1. The van der Waals surface area contributed by atoms with Crippen LogP contribution in [0.4, 0.5) is 5.69 Å². The molecular weight excluding hydrogens is 348 g/mol. The van der Waals surface area contributed by atoms with Crippen molar-refractivity contribution in [3.05, 3.63) is 30.0 Å². The smallest absolute Gasteiger partial charge is 0.373 e. The molecule has 8 nitrogen and oxygen atoms in total. The zero-order valence-corrected chi connectivity index (χ0v) is 15.2. The molecule has 8 heteroatoms. The minimum atomic E-state index is -0.0948. The second-order valence-electron chi connectivity index (χ2n) is 6.45. The Kier molecular flexibility index (Phi) is 7.28. The van der Waals surface area contributed by atoms with Gasteiger partial charge in [0.25, 0.3) is 0 Å². The third-order valence-corrected chi connectivity index (χ3v) is 4.47. The van der Waals surface area contributed by atoms with Gasteiger partial charge < -0.3 is 21.5 Å². The van der Waals surface area contributed by atoms with E-state index in [0.717, 1.165) is 48.0 Å². The number of nitrogens with two attached hydrogens (primary N) is 2. The fourth-order valence-electron chi connectivity index (χ4n) is 3.31. The number of fused-ring (bicyclic) bond motifs is 1. The lowest BCUT2D eigenvalue weighted by atomic mass is 9.93. The Morgan fingerprint density at radius 2 is 1.96 bits per heavy atom. The number of anilines is 1. The van der Waals surface area contributed by atoms with Crippen LogP contribution in [0.3, 0.4) is 0 Å². The molecule has 27 heavy (non-hydrogen) atoms. The molecule has 1 aliphatic rings. The number of amides is 1. The summed E-state index contributed by atoms with van der Waals surface area (Å²) < 4.78 is 6.21. The molecule has 0 aliphatic heterocycles. The van der Waals surface area contributed by atoms with Gasteiger partial charge in [-0.25, -0.2) is 0 Å². The molecule has 1 heterocycles. The van der Waals surface area contributed by atoms with Crippen LogP contribution in [0.25, 0.3) is 10.9 Å². The quantitative estimate of drug-likeness (QED) is 0.735. The molecule has 1 amide bonds. The van der Waals surface area contributed by atoms with Crippen LogP contribution in [0.15, 0.2) is 24.3 Å². The number of benzene rings is 1. The van der Waals surface area contributed by atoms with E-state index in [1.165, 1.54) is 0 Å². The molecule has 1 aliphatic carbocycles. The molecule has 1 fully saturated rings. The van der Waals surface area contributed by atoms with Crippen molar-refractivity contribution in [2.75, 3.05) is 12.3 Å². The van der Waals surface area contributed by atoms with Crippen molar-refractivity contribution >= 4 is 28.6 Å². The number of hydrogen-bond acceptors (Lipinski definition) is 7. The Morgan fingerprint density at radius 3 is 2.59 bits per heavy atom. The molecule has 0 spiro atoms. The second-order valence-corrected chi connectivity index (χ2v) is 6.45. The number of hydrogen-bond donors (Lipinski definition) is 3. The maximum atomic E-state index is 11.4. The minimum Gasteiger partial charge on any atom is -0.490 e. The normalized spacial score (nSPS) is 18.7. The number of rotatable bonds is 4. The first-order valence-electron chi connectivity index (χ1n) is 8.79. The van der Waals surface area contributed by atoms with Crippen LogP contribution in [0.2, 0.25) is 0 Å². The number of nitrogens with one attached hydrogen (secondary N) is 1. The van der Waals surface area contributed by atoms with Crippen LogP contribution in [-0.4, -0.2) is 35.7 Å². The third-order valence-electron chi connectivity index (χ3n) is 4.47. The Bertz CT molecular complexity index is 826. The van der Waals surface area contributed by atoms with Crippen LogP contribution in [-0.2, 0) is 14.4 Å². The van der Waals surface area contributed by atoms with E-state index in [2.05, 4.69) is 10.3 Å². The fourth-order valence-corrected chi connectivity index (χ4v) is 3.31. The van der Waals surface area contributed by atoms with E-state index in [1.54, 1.807) is 0 Å². The summed E-state index contributed by atoms with van der Waals surface area (Å²) in [5.74, 6) is 0.689. The first kappa shape index (κ1) is 20.4. The monoisotopic (exact) mass is 372 g/mol. The number of pyridine rings is 1. The molecule has 0 bridgehead atoms. The summed E-state index contributed by atoms with van der Waals surface area (Å²) in [5, 5.41) is 3.82. The zero-order chi connectivity index (χ0) is 19.8. The van der Waals surface area contributed by atoms with Crippen LogP contribution < -0.4 is 21.5 Å². The van der Waals surface area contributed by atoms with E-state index in [0.29, 0.717) is 5.69 Å². The predicted octanol–water partition coefficient (Wildman–Crippen LogP) is 1.31. The van der Waals surface area contributed by atoms with Gasteiger partial charge in [-0.1, -0.05) is 6.07 Å². The van der Waals surface area contributed by atoms with Gasteiger partial charge in [0.05, 0.1) is 23.6 Å². The van der Waals surface area contributed by atoms with E-state index in [1.807, 2.05) is 31.2 Å². The highest BCUT2D eigenvalue weighted by atomic mass is 16.5. The lowest BCUT2D eigenvalue weighted by molar-refractivity contribution is -0.191. The van der Waals surface area contributed by atoms with Crippen LogP contribution in [0, 0.1) is 6.92 Å². The summed E-state index contributed by atoms with van der Waals surface area (Å²) in [5.41, 5.74) is 14.0. The highest BCUT2D eigenvalue weighted by Crippen LogP contribution is 2.33. The van der Waals surface area contributed by atoms with Crippen molar-refractivity contribution < 1.29 is 19.1 Å². The van der Waals surface area contributed by atoms with Crippen LogP contribution >= 0.6 is 0 Å². The molecule has 1 saturated carbocycles. The molecule has 0 atom stereocenters. The fraction of sp³-hybridized carbons (Fsp3) is 0.421. The Balaban J connectivity index is 0.000000817. The van der Waals surface area contributed by atoms with Gasteiger partial charge in [-0.05, 0) is 50.8 Å². The zero-order valence-electron chi connectivity index (χ0n) is 15.2. The molecule has 3 rings (SSSR count). The van der Waals surface area contributed by atoms with Crippen LogP contribution in [0.1, 0.15) is 31.4 Å². The lowest BCUT2D eigenvalue weighted by Gasteiger charge is -2.29. The Morgan fingerprint density at radius 1 is 1.30 bits per heavy atom. The summed E-state index contributed by atoms with van der Waals surface area (Å²) in [6, 6.07) is 7.90. The SMILES string of the molecule is Cc1cc(N)c2c(OC3CCC(NC(=O)CN)CC3)cccc2n1.O=C=O. The molecule has 144 valence electrons. The average molecular weight is 372 g/mol. The van der Waals surface area contributed by atoms with Gasteiger partial charge in [0.2, 0.25) is 5.91 Å². The molecular formula is C19H24N4O4. The number of aryl methyl sites for hydroxylation is 1. The predicted molar refractivity (Wildman–Crippen MR) is 99.8 cm³/mol. The molecule has 5 N–H and O–H groups in total. The highest BCUT2D eigenvalue weighted by molar-refractivity contribution is 5.95. The molecule has 1 aromatic heterocycles. The summed E-state index contributed by atoms with van der Waals surface area (Å²) in [4.78, 5) is 32.2. The number of nitrogen functional groups attached to an aromatic ring is 1. The average Bonchev–Trinajstić information content (AvgIpc) is 2.63. The first-order chi connectivity index (χ1) is 13.0. The third kappa shape index (κ3) is 5.51. The van der Waals surface area contributed by atoms with Crippen molar-refractivity contribution in [3.8, 4) is 5.75 Å². The number of carbonyl (C=O) groups is 1. The summed E-state index contributed by atoms with van der Waals surface area (Å²) in [6.07, 6.45) is 3.96. The number of carbonyl (C=O) groups excluding carboxylic acids is 3. The number of nitrogens with zero attached hydrogens (tertiary/aromatic N) is 1. The maximum absolute atomic E-state index is 11.4. The highest BCUT2D eigenvalue weighted by Gasteiger charge is 2.24. The number of ether oxygens (including phenoxy) is 1. The summed E-state index contributed by atoms with van der Waals surface area (Å²) >= 11 is 0. The van der Waals surface area contributed by atoms with Crippen molar-refractivity contribution in [1.82, 2.24) is 10.3 Å². The van der Waals surface area contributed by atoms with Crippen molar-refractivity contribution in [3.63, 3.8) is 0 Å². The molecule has 0 unspecified atom stereocenters. The van der Waals surface area contributed by atoms with Gasteiger partial charge in [0.1, 0.15) is 5.75 Å². The van der Waals surface area contributed by atoms with Gasteiger partial charge in [-0.2, -0.15) is 9.59 Å². The summed E-state index contributed by atoms with van der Waals surface area (Å²) in [6.45, 7) is 1.97. The Labute approximate surface area is 157 Å². The van der Waals surface area contributed by atoms with Crippen molar-refractivity contribution in [2.45, 2.75) is 44.8 Å². The second kappa shape index (κ2) is 9.66. The molecule has 0 saturated heterocycles. The van der Waals surface area contributed by atoms with Crippen LogP contribution in [0.5, 0.6) is 5.75 Å². The van der Waals surface area contributed by atoms with E-state index in [9.17, 15) is 4.79 Å². The topological polar surface area (TPSA) is 137 Å². The standard InChI is InChI=1S/C18H24N4O2.CO2/c1-11-9-14(20)18-15(21-11)3-2-4-16(18)24-13-7-5-12(6-8-13)22-17(23)10-19;2-1-3/h2-4,9,12-13H,5-8,10,19H2,1H3,(H2,20,21)(H,22,23);. The summed E-state index contributed by atoms with van der Waals surface area (Å²) in [7, 11) is 0. The van der Waals surface area contributed by atoms with E-state index < -0.39 is 0 Å². The van der Waals surface area contributed by atoms with E-state index >= 15 is 0 Å². The van der Waals surface area contributed by atoms with Gasteiger partial charge in [-0.15, -0.1) is 0 Å². The van der Waals surface area contributed by atoms with Gasteiger partial charge in [-0.3, -0.25) is 9.78 Å². The molecule has 1 aromatic carbocycles. The Hall–Kier alpha value is -2.96. The van der Waals surface area contributed by atoms with Crippen molar-refractivity contribution in [2.24, 2.45) is 5.73 Å². The maximum Gasteiger partial charge on any atom is 0.373 e. The van der Waals surface area contributed by atoms with E-state index in [-0.39, 0.29) is 30.7 Å². The van der Waals surface area contributed by atoms with Crippen molar-refractivity contribution in [1.29, 1.82) is 0 Å². The van der Waals surface area contributed by atoms with Gasteiger partial charge >= 0.3 is 6.15 Å². The first-order valence-corrected chi connectivity index (χ1v) is 8.79. The molecule has 2 aromatic rings. The minimum absolute atomic E-state index is 0.0398. The molecule has 0 radical (unpaired) electrons.